The third-order valence-electron chi connectivity index (χ3n) is 5.09. The van der Waals surface area contributed by atoms with Gasteiger partial charge >= 0.3 is 5.97 Å². The van der Waals surface area contributed by atoms with Crippen molar-refractivity contribution in [2.45, 2.75) is 50.0 Å². The largest absolute Gasteiger partial charge is 0.480 e. The Morgan fingerprint density at radius 1 is 1.43 bits per heavy atom. The molecule has 1 saturated carbocycles. The van der Waals surface area contributed by atoms with E-state index in [1.165, 1.54) is 6.33 Å². The molecule has 2 heterocycles. The lowest BCUT2D eigenvalue weighted by Crippen LogP contribution is -2.51. The number of carbonyl (C=O) groups is 1. The van der Waals surface area contributed by atoms with E-state index in [0.29, 0.717) is 0 Å². The third-order valence-corrected chi connectivity index (χ3v) is 5.09. The van der Waals surface area contributed by atoms with Crippen molar-refractivity contribution >= 4 is 5.97 Å². The number of carboxylic acids is 1. The second-order valence-electron chi connectivity index (χ2n) is 6.35. The predicted octanol–water partition coefficient (Wildman–Crippen LogP) is 1.09. The van der Waals surface area contributed by atoms with Gasteiger partial charge in [0.25, 0.3) is 0 Å². The minimum Gasteiger partial charge on any atom is -0.480 e. The summed E-state index contributed by atoms with van der Waals surface area (Å²) in [5.41, 5.74) is 0.937. The summed E-state index contributed by atoms with van der Waals surface area (Å²) >= 11 is 0. The molecule has 1 saturated heterocycles. The summed E-state index contributed by atoms with van der Waals surface area (Å²) in [4.78, 5) is 21.3. The van der Waals surface area contributed by atoms with Crippen molar-refractivity contribution in [3.63, 3.8) is 0 Å². The Morgan fingerprint density at radius 2 is 2.22 bits per heavy atom. The zero-order valence-electron chi connectivity index (χ0n) is 13.4. The Hall–Kier alpha value is -1.57. The van der Waals surface area contributed by atoms with Gasteiger partial charge in [-0.2, -0.15) is 0 Å². The van der Waals surface area contributed by atoms with Gasteiger partial charge in [0.05, 0.1) is 11.7 Å². The average Bonchev–Trinajstić information content (AvgIpc) is 2.92. The van der Waals surface area contributed by atoms with E-state index in [1.54, 1.807) is 7.11 Å². The number of fused-ring (bicyclic) bond motifs is 1. The summed E-state index contributed by atoms with van der Waals surface area (Å²) in [6, 6.07) is 0.236. The molecule has 0 bridgehead atoms. The molecule has 0 aromatic carbocycles. The van der Waals surface area contributed by atoms with Crippen molar-refractivity contribution < 1.29 is 19.4 Å². The molecule has 1 aliphatic heterocycles. The molecule has 2 fully saturated rings. The number of aromatic nitrogens is 2. The zero-order valence-corrected chi connectivity index (χ0v) is 13.4. The molecular weight excluding hydrogens is 298 g/mol. The number of likely N-dealkylation sites (tertiary alicyclic amines) is 1. The average molecular weight is 321 g/mol. The number of hydrogen-bond acceptors (Lipinski definition) is 6. The molecular formula is C16H23N3O4. The number of carboxylic acid groups (broad SMARTS) is 1. The normalized spacial score (nSPS) is 31.0. The highest BCUT2D eigenvalue weighted by atomic mass is 16.5. The van der Waals surface area contributed by atoms with Gasteiger partial charge in [0.15, 0.2) is 0 Å². The van der Waals surface area contributed by atoms with Crippen molar-refractivity contribution in [3.05, 3.63) is 24.3 Å². The molecule has 7 nitrogen and oxygen atoms in total. The first-order valence-electron chi connectivity index (χ1n) is 7.99. The van der Waals surface area contributed by atoms with E-state index in [1.807, 2.05) is 12.4 Å². The van der Waals surface area contributed by atoms with Crippen molar-refractivity contribution in [1.82, 2.24) is 14.9 Å². The molecule has 0 radical (unpaired) electrons. The first kappa shape index (κ1) is 16.3. The summed E-state index contributed by atoms with van der Waals surface area (Å²) in [6.45, 7) is 1.51. The lowest BCUT2D eigenvalue weighted by atomic mass is 9.79. The maximum atomic E-state index is 10.7. The molecule has 7 heteroatoms. The minimum atomic E-state index is -0.918. The maximum absolute atomic E-state index is 10.7. The van der Waals surface area contributed by atoms with E-state index in [-0.39, 0.29) is 24.4 Å². The van der Waals surface area contributed by atoms with Gasteiger partial charge in [-0.15, -0.1) is 0 Å². The van der Waals surface area contributed by atoms with Crippen LogP contribution in [0.1, 0.15) is 31.2 Å². The minimum absolute atomic E-state index is 0.0213. The third kappa shape index (κ3) is 3.52. The summed E-state index contributed by atoms with van der Waals surface area (Å²) in [5.74, 6) is -0.918. The molecule has 1 aromatic rings. The number of rotatable bonds is 6. The van der Waals surface area contributed by atoms with Crippen molar-refractivity contribution in [1.29, 1.82) is 0 Å². The molecule has 2 aliphatic rings. The number of nitrogens with zero attached hydrogens (tertiary/aromatic N) is 3. The second-order valence-corrected chi connectivity index (χ2v) is 6.35. The van der Waals surface area contributed by atoms with Crippen LogP contribution in [0.4, 0.5) is 0 Å². The van der Waals surface area contributed by atoms with Crippen LogP contribution in [0.25, 0.3) is 0 Å². The highest BCUT2D eigenvalue weighted by Crippen LogP contribution is 2.43. The van der Waals surface area contributed by atoms with Crippen LogP contribution in [0, 0.1) is 0 Å². The quantitative estimate of drug-likeness (QED) is 0.839. The fourth-order valence-corrected chi connectivity index (χ4v) is 3.93. The van der Waals surface area contributed by atoms with E-state index >= 15 is 0 Å². The highest BCUT2D eigenvalue weighted by molar-refractivity contribution is 5.68. The molecule has 3 atom stereocenters. The lowest BCUT2D eigenvalue weighted by Gasteiger charge is -2.43. The monoisotopic (exact) mass is 321 g/mol. The summed E-state index contributed by atoms with van der Waals surface area (Å²) in [7, 11) is 1.78. The van der Waals surface area contributed by atoms with Crippen LogP contribution in [-0.4, -0.2) is 64.0 Å². The zero-order chi connectivity index (χ0) is 16.3. The van der Waals surface area contributed by atoms with Gasteiger partial charge < -0.3 is 14.6 Å². The Labute approximate surface area is 135 Å². The van der Waals surface area contributed by atoms with Gasteiger partial charge in [-0.3, -0.25) is 4.90 Å². The number of ether oxygens (including phenoxy) is 2. The van der Waals surface area contributed by atoms with Gasteiger partial charge in [-0.1, -0.05) is 0 Å². The second kappa shape index (κ2) is 6.90. The van der Waals surface area contributed by atoms with Crippen molar-refractivity contribution in [2.75, 3.05) is 20.3 Å². The Bertz CT molecular complexity index is 541. The van der Waals surface area contributed by atoms with Crippen LogP contribution >= 0.6 is 0 Å². The first-order valence-corrected chi connectivity index (χ1v) is 7.99. The molecule has 1 aliphatic carbocycles. The molecule has 23 heavy (non-hydrogen) atoms. The lowest BCUT2D eigenvalue weighted by molar-refractivity contribution is -0.148. The fourth-order valence-electron chi connectivity index (χ4n) is 3.93. The van der Waals surface area contributed by atoms with Crippen molar-refractivity contribution in [2.24, 2.45) is 0 Å². The van der Waals surface area contributed by atoms with Crippen LogP contribution in [0.2, 0.25) is 0 Å². The maximum Gasteiger partial charge on any atom is 0.329 e. The van der Waals surface area contributed by atoms with Gasteiger partial charge in [0.2, 0.25) is 0 Å². The van der Waals surface area contributed by atoms with Gasteiger partial charge in [-0.05, 0) is 25.7 Å². The van der Waals surface area contributed by atoms with Crippen LogP contribution in [0.5, 0.6) is 0 Å². The number of hydrogen-bond donors (Lipinski definition) is 1. The Balaban J connectivity index is 1.69. The van der Waals surface area contributed by atoms with E-state index in [9.17, 15) is 4.79 Å². The molecule has 0 amide bonds. The smallest absolute Gasteiger partial charge is 0.329 e. The topological polar surface area (TPSA) is 84.8 Å². The molecule has 126 valence electrons. The standard InChI is InChI=1S/C16H23N3O4/c1-22-16-3-2-13(23-10-15(20)21)6-14(16)19(5-4-16)9-12-7-17-11-18-8-12/h7-8,11,13-14H,2-6,9-10H2,1H3,(H,20,21)/t13?,14?,16-/m1/s1. The Morgan fingerprint density at radius 3 is 2.91 bits per heavy atom. The molecule has 0 spiro atoms. The fraction of sp³-hybridized carbons (Fsp3) is 0.688. The number of aliphatic carboxylic acids is 1. The SMILES string of the molecule is CO[C@@]12CCC(OCC(=O)O)CC1N(Cc1cncnc1)CC2. The Kier molecular flexibility index (Phi) is 4.89. The van der Waals surface area contributed by atoms with E-state index in [4.69, 9.17) is 14.6 Å². The van der Waals surface area contributed by atoms with Crippen LogP contribution in [0.15, 0.2) is 18.7 Å². The summed E-state index contributed by atoms with van der Waals surface area (Å²) in [6.07, 6.45) is 8.72. The van der Waals surface area contributed by atoms with Gasteiger partial charge in [0.1, 0.15) is 12.9 Å². The molecule has 1 N–H and O–H groups in total. The van der Waals surface area contributed by atoms with Crippen LogP contribution in [-0.2, 0) is 20.8 Å². The van der Waals surface area contributed by atoms with Crippen LogP contribution in [0.3, 0.4) is 0 Å². The summed E-state index contributed by atoms with van der Waals surface area (Å²) < 4.78 is 11.4. The van der Waals surface area contributed by atoms with Gasteiger partial charge in [0, 0.05) is 44.2 Å². The molecule has 1 aromatic heterocycles. The molecule has 2 unspecified atom stereocenters. The van der Waals surface area contributed by atoms with E-state index in [0.717, 1.165) is 44.3 Å². The predicted molar refractivity (Wildman–Crippen MR) is 81.8 cm³/mol. The van der Waals surface area contributed by atoms with E-state index in [2.05, 4.69) is 14.9 Å². The van der Waals surface area contributed by atoms with Crippen LogP contribution < -0.4 is 0 Å². The number of methoxy groups -OCH3 is 1. The first-order chi connectivity index (χ1) is 11.1. The molecule has 3 rings (SSSR count). The van der Waals surface area contributed by atoms with E-state index < -0.39 is 5.97 Å². The van der Waals surface area contributed by atoms with Gasteiger partial charge in [-0.25, -0.2) is 14.8 Å². The highest BCUT2D eigenvalue weighted by Gasteiger charge is 2.51. The van der Waals surface area contributed by atoms with Crippen molar-refractivity contribution in [3.8, 4) is 0 Å². The summed E-state index contributed by atoms with van der Waals surface area (Å²) in [5, 5.41) is 8.80.